The highest BCUT2D eigenvalue weighted by Crippen LogP contribution is 2.44. The van der Waals surface area contributed by atoms with E-state index in [1.165, 1.54) is 23.2 Å². The molecule has 0 unspecified atom stereocenters. The van der Waals surface area contributed by atoms with Crippen molar-refractivity contribution in [3.05, 3.63) is 114 Å². The summed E-state index contributed by atoms with van der Waals surface area (Å²) >= 11 is 0. The molecule has 0 bridgehead atoms. The van der Waals surface area contributed by atoms with Gasteiger partial charge < -0.3 is 19.9 Å². The maximum absolute atomic E-state index is 13.6. The van der Waals surface area contributed by atoms with Crippen molar-refractivity contribution in [1.82, 2.24) is 19.7 Å². The molecule has 2 aliphatic rings. The highest BCUT2D eigenvalue weighted by atomic mass is 16.6. The number of amides is 2. The van der Waals surface area contributed by atoms with Gasteiger partial charge in [-0.1, -0.05) is 78.9 Å². The van der Waals surface area contributed by atoms with E-state index in [2.05, 4.69) is 39.7 Å². The quantitative estimate of drug-likeness (QED) is 0.249. The molecule has 5 aromatic rings. The summed E-state index contributed by atoms with van der Waals surface area (Å²) in [6.07, 6.45) is -0.665. The second-order valence-corrected chi connectivity index (χ2v) is 11.1. The standard InChI is InChI=1S/C34H29N5O6/c40-32(37-31-15-14-29-28(36-31)17-35-39(29)33(41)42)30-16-22(44-19-21-8-2-1-3-9-21)18-38(30)34(43)45-20-27-25-12-6-4-10-23(25)24-11-5-7-13-26(24)27/h1-15,17,22,27,30H,16,18-20H2,(H,41,42)(H,36,37,40)/t22-,30+/m0/s1. The van der Waals surface area contributed by atoms with Gasteiger partial charge in [0.2, 0.25) is 5.91 Å². The van der Waals surface area contributed by atoms with Crippen molar-refractivity contribution in [2.24, 2.45) is 0 Å². The Morgan fingerprint density at radius 1 is 0.889 bits per heavy atom. The molecule has 1 aliphatic carbocycles. The summed E-state index contributed by atoms with van der Waals surface area (Å²) in [4.78, 5) is 44.4. The van der Waals surface area contributed by atoms with Gasteiger partial charge in [0.25, 0.3) is 0 Å². The number of pyridine rings is 1. The number of carboxylic acid groups (broad SMARTS) is 1. The molecule has 2 N–H and O–H groups in total. The number of anilines is 1. The van der Waals surface area contributed by atoms with E-state index >= 15 is 0 Å². The molecule has 2 aromatic heterocycles. The van der Waals surface area contributed by atoms with Crippen molar-refractivity contribution < 1.29 is 29.0 Å². The number of carbonyl (C=O) groups excluding carboxylic acids is 2. The molecule has 7 rings (SSSR count). The van der Waals surface area contributed by atoms with Crippen molar-refractivity contribution >= 4 is 34.9 Å². The van der Waals surface area contributed by atoms with Crippen LogP contribution in [0, 0.1) is 0 Å². The van der Waals surface area contributed by atoms with Gasteiger partial charge in [0.1, 0.15) is 24.0 Å². The Morgan fingerprint density at radius 2 is 1.58 bits per heavy atom. The summed E-state index contributed by atoms with van der Waals surface area (Å²) in [7, 11) is 0. The molecular formula is C34H29N5O6. The third kappa shape index (κ3) is 5.49. The Bertz CT molecular complexity index is 1860. The molecule has 226 valence electrons. The van der Waals surface area contributed by atoms with Gasteiger partial charge >= 0.3 is 12.2 Å². The smallest absolute Gasteiger partial charge is 0.432 e. The predicted molar refractivity (Wildman–Crippen MR) is 165 cm³/mol. The molecule has 0 spiro atoms. The number of rotatable bonds is 7. The fourth-order valence-corrected chi connectivity index (χ4v) is 6.18. The minimum Gasteiger partial charge on any atom is -0.463 e. The predicted octanol–water partition coefficient (Wildman–Crippen LogP) is 5.50. The molecule has 1 aliphatic heterocycles. The van der Waals surface area contributed by atoms with Crippen LogP contribution in [0.4, 0.5) is 15.4 Å². The maximum atomic E-state index is 13.6. The minimum atomic E-state index is -1.24. The van der Waals surface area contributed by atoms with E-state index in [-0.39, 0.29) is 36.8 Å². The molecule has 11 nitrogen and oxygen atoms in total. The summed E-state index contributed by atoms with van der Waals surface area (Å²) in [5, 5.41) is 15.9. The highest BCUT2D eigenvalue weighted by Gasteiger charge is 2.42. The summed E-state index contributed by atoms with van der Waals surface area (Å²) in [5.74, 6) is -0.366. The lowest BCUT2D eigenvalue weighted by Crippen LogP contribution is -2.43. The SMILES string of the molecule is O=C(Nc1ccc2c(cnn2C(=O)O)n1)[C@H]1C[C@H](OCc2ccccc2)CN1C(=O)OCC1c2ccccc2-c2ccccc21. The van der Waals surface area contributed by atoms with E-state index in [0.29, 0.717) is 12.1 Å². The zero-order chi connectivity index (χ0) is 30.9. The molecule has 2 atom stereocenters. The average Bonchev–Trinajstić information content (AvgIpc) is 3.77. The zero-order valence-corrected chi connectivity index (χ0v) is 24.1. The van der Waals surface area contributed by atoms with Gasteiger partial charge in [-0.2, -0.15) is 9.78 Å². The van der Waals surface area contributed by atoms with E-state index in [9.17, 15) is 19.5 Å². The summed E-state index contributed by atoms with van der Waals surface area (Å²) in [6.45, 7) is 0.642. The van der Waals surface area contributed by atoms with Gasteiger partial charge in [-0.25, -0.2) is 14.6 Å². The third-order valence-electron chi connectivity index (χ3n) is 8.32. The lowest BCUT2D eigenvalue weighted by Gasteiger charge is -2.24. The van der Waals surface area contributed by atoms with Crippen LogP contribution in [-0.4, -0.2) is 68.2 Å². The lowest BCUT2D eigenvalue weighted by molar-refractivity contribution is -0.120. The van der Waals surface area contributed by atoms with E-state index < -0.39 is 30.2 Å². The fourth-order valence-electron chi connectivity index (χ4n) is 6.18. The Kier molecular flexibility index (Phi) is 7.44. The molecule has 0 radical (unpaired) electrons. The summed E-state index contributed by atoms with van der Waals surface area (Å²) < 4.78 is 12.9. The van der Waals surface area contributed by atoms with Crippen LogP contribution in [0.3, 0.4) is 0 Å². The number of likely N-dealkylation sites (tertiary alicyclic amines) is 1. The summed E-state index contributed by atoms with van der Waals surface area (Å²) in [6, 6.07) is 28.0. The van der Waals surface area contributed by atoms with E-state index in [4.69, 9.17) is 9.47 Å². The number of nitrogens with one attached hydrogen (secondary N) is 1. The number of fused-ring (bicyclic) bond motifs is 4. The van der Waals surface area contributed by atoms with Crippen LogP contribution in [0.15, 0.2) is 97.2 Å². The lowest BCUT2D eigenvalue weighted by atomic mass is 9.98. The molecule has 3 aromatic carbocycles. The molecule has 11 heteroatoms. The topological polar surface area (TPSA) is 136 Å². The van der Waals surface area contributed by atoms with Gasteiger partial charge in [0.05, 0.1) is 31.0 Å². The number of hydrogen-bond donors (Lipinski definition) is 2. The zero-order valence-electron chi connectivity index (χ0n) is 24.1. The van der Waals surface area contributed by atoms with Crippen LogP contribution in [0.2, 0.25) is 0 Å². The highest BCUT2D eigenvalue weighted by molar-refractivity contribution is 5.97. The first-order valence-corrected chi connectivity index (χ1v) is 14.6. The Hall–Kier alpha value is -5.55. The monoisotopic (exact) mass is 603 g/mol. The van der Waals surface area contributed by atoms with Crippen LogP contribution < -0.4 is 5.32 Å². The first kappa shape index (κ1) is 28.2. The van der Waals surface area contributed by atoms with Gasteiger partial charge in [-0.05, 0) is 39.9 Å². The van der Waals surface area contributed by atoms with E-state index in [1.807, 2.05) is 54.6 Å². The second-order valence-electron chi connectivity index (χ2n) is 11.1. The molecule has 2 amide bonds. The van der Waals surface area contributed by atoms with Crippen LogP contribution in [0.25, 0.3) is 22.2 Å². The van der Waals surface area contributed by atoms with Crippen molar-refractivity contribution in [3.8, 4) is 11.1 Å². The van der Waals surface area contributed by atoms with Gasteiger partial charge in [-0.15, -0.1) is 0 Å². The van der Waals surface area contributed by atoms with Crippen LogP contribution in [0.1, 0.15) is 29.0 Å². The molecule has 1 fully saturated rings. The maximum Gasteiger partial charge on any atom is 0.432 e. The van der Waals surface area contributed by atoms with Gasteiger partial charge in [-0.3, -0.25) is 9.69 Å². The van der Waals surface area contributed by atoms with Crippen LogP contribution in [-0.2, 0) is 20.9 Å². The number of aromatic nitrogens is 3. The minimum absolute atomic E-state index is 0.121. The molecular weight excluding hydrogens is 574 g/mol. The van der Waals surface area contributed by atoms with E-state index in [0.717, 1.165) is 32.5 Å². The Labute approximate surface area is 258 Å². The number of nitrogens with zero attached hydrogens (tertiary/aromatic N) is 4. The van der Waals surface area contributed by atoms with Crippen molar-refractivity contribution in [1.29, 1.82) is 0 Å². The fraction of sp³-hybridized carbons (Fsp3) is 0.206. The van der Waals surface area contributed by atoms with Crippen molar-refractivity contribution in [2.45, 2.75) is 31.1 Å². The molecule has 3 heterocycles. The molecule has 45 heavy (non-hydrogen) atoms. The van der Waals surface area contributed by atoms with Crippen molar-refractivity contribution in [2.75, 3.05) is 18.5 Å². The van der Waals surface area contributed by atoms with Gasteiger partial charge in [0, 0.05) is 12.3 Å². The van der Waals surface area contributed by atoms with Crippen LogP contribution >= 0.6 is 0 Å². The number of carbonyl (C=O) groups is 3. The Balaban J connectivity index is 1.09. The van der Waals surface area contributed by atoms with Crippen molar-refractivity contribution in [3.63, 3.8) is 0 Å². The molecule has 1 saturated heterocycles. The summed E-state index contributed by atoms with van der Waals surface area (Å²) in [5.41, 5.74) is 6.02. The number of ether oxygens (including phenoxy) is 2. The number of benzene rings is 3. The van der Waals surface area contributed by atoms with Crippen LogP contribution in [0.5, 0.6) is 0 Å². The average molecular weight is 604 g/mol. The van der Waals surface area contributed by atoms with E-state index in [1.54, 1.807) is 0 Å². The second kappa shape index (κ2) is 11.9. The number of hydrogen-bond acceptors (Lipinski definition) is 7. The largest absolute Gasteiger partial charge is 0.463 e. The van der Waals surface area contributed by atoms with Gasteiger partial charge in [0.15, 0.2) is 0 Å². The third-order valence-corrected chi connectivity index (χ3v) is 8.32. The molecule has 0 saturated carbocycles. The Morgan fingerprint density at radius 3 is 2.29 bits per heavy atom. The first-order chi connectivity index (χ1) is 22.0. The first-order valence-electron chi connectivity index (χ1n) is 14.6. The normalized spacial score (nSPS) is 17.2.